The lowest BCUT2D eigenvalue weighted by atomic mass is 10.2. The maximum atomic E-state index is 12.7. The van der Waals surface area contributed by atoms with E-state index in [-0.39, 0.29) is 5.91 Å². The van der Waals surface area contributed by atoms with Crippen molar-refractivity contribution in [3.63, 3.8) is 0 Å². The Morgan fingerprint density at radius 2 is 1.64 bits per heavy atom. The molecule has 2 aromatic rings. The highest BCUT2D eigenvalue weighted by molar-refractivity contribution is 5.81. The molecule has 1 aliphatic heterocycles. The third kappa shape index (κ3) is 5.60. The average molecular weight is 380 g/mol. The van der Waals surface area contributed by atoms with E-state index in [1.54, 1.807) is 7.11 Å². The van der Waals surface area contributed by atoms with Crippen molar-refractivity contribution in [3.05, 3.63) is 66.2 Å². The fraction of sp³-hybridized carbons (Fsp3) is 0.348. The van der Waals surface area contributed by atoms with Gasteiger partial charge in [0.25, 0.3) is 5.91 Å². The lowest BCUT2D eigenvalue weighted by Crippen LogP contribution is -2.51. The standard InChI is InChI=1S/C23H28N2O3/c1-19(28-22-12-10-21(27-2)11-13-22)23(26)25-17-15-24(16-18-25)14-6-9-20-7-4-3-5-8-20/h3-13,19H,14-18H2,1-2H3/b9-6+/t19-/m0/s1. The van der Waals surface area contributed by atoms with E-state index >= 15 is 0 Å². The highest BCUT2D eigenvalue weighted by Gasteiger charge is 2.25. The SMILES string of the molecule is COc1ccc(O[C@@H](C)C(=O)N2CCN(C/C=C/c3ccccc3)CC2)cc1. The van der Waals surface area contributed by atoms with Crippen LogP contribution in [0.5, 0.6) is 11.5 Å². The first kappa shape index (κ1) is 20.0. The van der Waals surface area contributed by atoms with Crippen LogP contribution in [0.25, 0.3) is 6.08 Å². The summed E-state index contributed by atoms with van der Waals surface area (Å²) in [4.78, 5) is 16.9. The highest BCUT2D eigenvalue weighted by Crippen LogP contribution is 2.19. The van der Waals surface area contributed by atoms with Gasteiger partial charge < -0.3 is 14.4 Å². The van der Waals surface area contributed by atoms with Crippen LogP contribution in [0.2, 0.25) is 0 Å². The number of methoxy groups -OCH3 is 1. The minimum Gasteiger partial charge on any atom is -0.497 e. The molecule has 0 radical (unpaired) electrons. The van der Waals surface area contributed by atoms with E-state index in [0.29, 0.717) is 5.75 Å². The zero-order chi connectivity index (χ0) is 19.8. The lowest BCUT2D eigenvalue weighted by molar-refractivity contribution is -0.139. The van der Waals surface area contributed by atoms with Gasteiger partial charge in [-0.05, 0) is 36.8 Å². The number of ether oxygens (including phenoxy) is 2. The van der Waals surface area contributed by atoms with Crippen molar-refractivity contribution in [2.24, 2.45) is 0 Å². The maximum Gasteiger partial charge on any atom is 0.263 e. The summed E-state index contributed by atoms with van der Waals surface area (Å²) in [5.41, 5.74) is 1.21. The van der Waals surface area contributed by atoms with Crippen LogP contribution in [0.3, 0.4) is 0 Å². The third-order valence-corrected chi connectivity index (χ3v) is 4.88. The number of amides is 1. The number of nitrogens with zero attached hydrogens (tertiary/aromatic N) is 2. The Morgan fingerprint density at radius 1 is 1.00 bits per heavy atom. The van der Waals surface area contributed by atoms with Crippen molar-refractivity contribution in [2.75, 3.05) is 39.8 Å². The molecule has 0 aromatic heterocycles. The summed E-state index contributed by atoms with van der Waals surface area (Å²) in [5.74, 6) is 1.48. The molecule has 1 fully saturated rings. The molecule has 1 aliphatic rings. The molecule has 1 heterocycles. The van der Waals surface area contributed by atoms with Crippen molar-refractivity contribution >= 4 is 12.0 Å². The van der Waals surface area contributed by atoms with Gasteiger partial charge in [0.05, 0.1) is 7.11 Å². The summed E-state index contributed by atoms with van der Waals surface area (Å²) in [6.45, 7) is 5.92. The first-order valence-electron chi connectivity index (χ1n) is 9.69. The maximum absolute atomic E-state index is 12.7. The molecule has 28 heavy (non-hydrogen) atoms. The largest absolute Gasteiger partial charge is 0.497 e. The van der Waals surface area contributed by atoms with E-state index in [2.05, 4.69) is 29.2 Å². The van der Waals surface area contributed by atoms with Crippen molar-refractivity contribution < 1.29 is 14.3 Å². The predicted octanol–water partition coefficient (Wildman–Crippen LogP) is 3.32. The molecule has 1 atom stereocenters. The van der Waals surface area contributed by atoms with Gasteiger partial charge in [0.15, 0.2) is 6.10 Å². The molecule has 0 bridgehead atoms. The van der Waals surface area contributed by atoms with E-state index in [1.807, 2.05) is 54.3 Å². The molecule has 5 heteroatoms. The molecule has 2 aromatic carbocycles. The molecule has 0 N–H and O–H groups in total. The Balaban J connectivity index is 1.43. The van der Waals surface area contributed by atoms with Crippen molar-refractivity contribution in [2.45, 2.75) is 13.0 Å². The fourth-order valence-electron chi connectivity index (χ4n) is 3.22. The van der Waals surface area contributed by atoms with Crippen LogP contribution in [0.15, 0.2) is 60.7 Å². The van der Waals surface area contributed by atoms with Crippen molar-refractivity contribution in [3.8, 4) is 11.5 Å². The van der Waals surface area contributed by atoms with Crippen LogP contribution >= 0.6 is 0 Å². The van der Waals surface area contributed by atoms with Crippen LogP contribution in [-0.4, -0.2) is 61.6 Å². The van der Waals surface area contributed by atoms with Gasteiger partial charge in [-0.25, -0.2) is 0 Å². The number of hydrogen-bond donors (Lipinski definition) is 0. The van der Waals surface area contributed by atoms with Gasteiger partial charge in [-0.1, -0.05) is 42.5 Å². The van der Waals surface area contributed by atoms with Gasteiger partial charge in [0.2, 0.25) is 0 Å². The smallest absolute Gasteiger partial charge is 0.263 e. The molecule has 0 unspecified atom stereocenters. The fourth-order valence-corrected chi connectivity index (χ4v) is 3.22. The Bertz CT molecular complexity index is 766. The van der Waals surface area contributed by atoms with Gasteiger partial charge in [0.1, 0.15) is 11.5 Å². The van der Waals surface area contributed by atoms with Gasteiger partial charge in [-0.2, -0.15) is 0 Å². The third-order valence-electron chi connectivity index (χ3n) is 4.88. The average Bonchev–Trinajstić information content (AvgIpc) is 2.75. The number of carbonyl (C=O) groups is 1. The van der Waals surface area contributed by atoms with E-state index in [9.17, 15) is 4.79 Å². The molecule has 5 nitrogen and oxygen atoms in total. The number of rotatable bonds is 7. The van der Waals surface area contributed by atoms with Crippen molar-refractivity contribution in [1.29, 1.82) is 0 Å². The first-order valence-corrected chi connectivity index (χ1v) is 9.69. The minimum absolute atomic E-state index is 0.0373. The van der Waals surface area contributed by atoms with Crippen LogP contribution in [0, 0.1) is 0 Å². The zero-order valence-corrected chi connectivity index (χ0v) is 16.6. The van der Waals surface area contributed by atoms with Crippen LogP contribution in [-0.2, 0) is 4.79 Å². The molecule has 1 amide bonds. The zero-order valence-electron chi connectivity index (χ0n) is 16.6. The highest BCUT2D eigenvalue weighted by atomic mass is 16.5. The lowest BCUT2D eigenvalue weighted by Gasteiger charge is -2.35. The summed E-state index contributed by atoms with van der Waals surface area (Å²) in [7, 11) is 1.62. The number of piperazine rings is 1. The first-order chi connectivity index (χ1) is 13.7. The Hall–Kier alpha value is -2.79. The summed E-state index contributed by atoms with van der Waals surface area (Å²) in [6, 6.07) is 17.6. The molecule has 0 saturated carbocycles. The van der Waals surface area contributed by atoms with E-state index in [0.717, 1.165) is 38.5 Å². The van der Waals surface area contributed by atoms with E-state index < -0.39 is 6.10 Å². The Morgan fingerprint density at radius 3 is 2.29 bits per heavy atom. The summed E-state index contributed by atoms with van der Waals surface area (Å²) in [6.07, 6.45) is 3.82. The second-order valence-corrected chi connectivity index (χ2v) is 6.87. The Kier molecular flexibility index (Phi) is 7.09. The monoisotopic (exact) mass is 380 g/mol. The predicted molar refractivity (Wildman–Crippen MR) is 112 cm³/mol. The van der Waals surface area contributed by atoms with Gasteiger partial charge in [-0.15, -0.1) is 0 Å². The molecular weight excluding hydrogens is 352 g/mol. The number of benzene rings is 2. The summed E-state index contributed by atoms with van der Waals surface area (Å²) < 4.78 is 10.9. The molecule has 3 rings (SSSR count). The second-order valence-electron chi connectivity index (χ2n) is 6.87. The molecule has 0 aliphatic carbocycles. The van der Waals surface area contributed by atoms with Crippen LogP contribution in [0.4, 0.5) is 0 Å². The van der Waals surface area contributed by atoms with Gasteiger partial charge in [-0.3, -0.25) is 9.69 Å². The normalized spacial score (nSPS) is 16.1. The number of carbonyl (C=O) groups excluding carboxylic acids is 1. The van der Waals surface area contributed by atoms with E-state index in [1.165, 1.54) is 5.56 Å². The molecule has 148 valence electrons. The second kappa shape index (κ2) is 9.95. The summed E-state index contributed by atoms with van der Waals surface area (Å²) in [5, 5.41) is 0. The minimum atomic E-state index is -0.502. The van der Waals surface area contributed by atoms with Crippen molar-refractivity contribution in [1.82, 2.24) is 9.80 Å². The van der Waals surface area contributed by atoms with Gasteiger partial charge >= 0.3 is 0 Å². The molecule has 0 spiro atoms. The number of hydrogen-bond acceptors (Lipinski definition) is 4. The topological polar surface area (TPSA) is 42.0 Å². The van der Waals surface area contributed by atoms with Crippen LogP contribution in [0.1, 0.15) is 12.5 Å². The molecule has 1 saturated heterocycles. The molecular formula is C23H28N2O3. The van der Waals surface area contributed by atoms with E-state index in [4.69, 9.17) is 9.47 Å². The Labute approximate surface area is 167 Å². The van der Waals surface area contributed by atoms with Crippen LogP contribution < -0.4 is 9.47 Å². The summed E-state index contributed by atoms with van der Waals surface area (Å²) >= 11 is 0. The quantitative estimate of drug-likeness (QED) is 0.739. The van der Waals surface area contributed by atoms with Gasteiger partial charge in [0, 0.05) is 32.7 Å².